The van der Waals surface area contributed by atoms with E-state index >= 15 is 4.39 Å². The number of benzene rings is 1. The van der Waals surface area contributed by atoms with Gasteiger partial charge in [-0.25, -0.2) is 32.2 Å². The maximum atomic E-state index is 15.1. The van der Waals surface area contributed by atoms with Crippen molar-refractivity contribution in [3.63, 3.8) is 0 Å². The van der Waals surface area contributed by atoms with Gasteiger partial charge in [-0.05, 0) is 24.6 Å². The molecule has 4 aromatic rings. The first-order valence-corrected chi connectivity index (χ1v) is 12.1. The van der Waals surface area contributed by atoms with Gasteiger partial charge in [-0.3, -0.25) is 9.52 Å². The Morgan fingerprint density at radius 3 is 2.41 bits per heavy atom. The number of pyridine rings is 1. The largest absolute Gasteiger partial charge is 0.575 e. The van der Waals surface area contributed by atoms with Crippen LogP contribution in [0.2, 0.25) is 0 Å². The number of ketones is 1. The Hall–Kier alpha value is -4.14. The van der Waals surface area contributed by atoms with Crippen molar-refractivity contribution >= 4 is 32.5 Å². The number of nitrogens with one attached hydrogen (secondary N) is 2. The van der Waals surface area contributed by atoms with Gasteiger partial charge in [0.2, 0.25) is 15.8 Å². The van der Waals surface area contributed by atoms with Crippen molar-refractivity contribution in [2.75, 3.05) is 10.5 Å². The van der Waals surface area contributed by atoms with Crippen molar-refractivity contribution in [2.45, 2.75) is 19.7 Å². The van der Waals surface area contributed by atoms with Gasteiger partial charge in [-0.15, -0.1) is 13.2 Å². The Bertz CT molecular complexity index is 1590. The minimum absolute atomic E-state index is 0.133. The monoisotopic (exact) mass is 541 g/mol. The predicted octanol–water partition coefficient (Wildman–Crippen LogP) is 4.58. The minimum atomic E-state index is -4.97. The van der Waals surface area contributed by atoms with Gasteiger partial charge < -0.3 is 9.72 Å². The first-order valence-electron chi connectivity index (χ1n) is 10.5. The lowest BCUT2D eigenvalue weighted by atomic mass is 10.0. The standard InChI is InChI=1S/C22H16F5N5O4S/c1-2-5-37(34,35)32-16-4-3-15(23)17(18(16)24)19(33)14-10-29-20-13(14)6-11(7-28-20)12-8-30-21(31-9-12)36-22(25,26)27/h3-4,6-10,32H,2,5H2,1H3,(H,28,29). The van der Waals surface area contributed by atoms with Crippen LogP contribution in [0.4, 0.5) is 27.6 Å². The third kappa shape index (κ3) is 5.66. The number of carbonyl (C=O) groups excluding carboxylic acids is 1. The number of hydrogen-bond donors (Lipinski definition) is 2. The van der Waals surface area contributed by atoms with E-state index in [0.717, 1.165) is 24.5 Å². The van der Waals surface area contributed by atoms with Crippen LogP contribution in [0.25, 0.3) is 22.2 Å². The van der Waals surface area contributed by atoms with Crippen LogP contribution < -0.4 is 9.46 Å². The van der Waals surface area contributed by atoms with E-state index in [-0.39, 0.29) is 39.9 Å². The fourth-order valence-corrected chi connectivity index (χ4v) is 4.56. The Labute approximate surface area is 205 Å². The summed E-state index contributed by atoms with van der Waals surface area (Å²) in [6.07, 6.45) is -0.155. The van der Waals surface area contributed by atoms with Gasteiger partial charge in [0.15, 0.2) is 5.82 Å². The Morgan fingerprint density at radius 2 is 1.76 bits per heavy atom. The molecule has 4 rings (SSSR count). The number of anilines is 1. The quantitative estimate of drug-likeness (QED) is 0.247. The summed E-state index contributed by atoms with van der Waals surface area (Å²) in [7, 11) is -3.92. The summed E-state index contributed by atoms with van der Waals surface area (Å²) in [5.41, 5.74) is -1.09. The molecule has 2 N–H and O–H groups in total. The summed E-state index contributed by atoms with van der Waals surface area (Å²) in [5, 5.41) is 0.133. The molecule has 1 aromatic carbocycles. The fraction of sp³-hybridized carbons (Fsp3) is 0.182. The highest BCUT2D eigenvalue weighted by Crippen LogP contribution is 2.30. The van der Waals surface area contributed by atoms with E-state index in [2.05, 4.69) is 24.7 Å². The fourth-order valence-electron chi connectivity index (χ4n) is 3.43. The molecule has 0 atom stereocenters. The second-order valence-corrected chi connectivity index (χ2v) is 9.50. The highest BCUT2D eigenvalue weighted by molar-refractivity contribution is 7.92. The molecule has 0 radical (unpaired) electrons. The molecule has 9 nitrogen and oxygen atoms in total. The van der Waals surface area contributed by atoms with E-state index in [0.29, 0.717) is 0 Å². The van der Waals surface area contributed by atoms with Crippen molar-refractivity contribution in [1.29, 1.82) is 0 Å². The Morgan fingerprint density at radius 1 is 1.08 bits per heavy atom. The molecule has 0 amide bonds. The number of halogens is 5. The van der Waals surface area contributed by atoms with Crippen molar-refractivity contribution in [3.8, 4) is 17.1 Å². The first kappa shape index (κ1) is 25.9. The van der Waals surface area contributed by atoms with Crippen LogP contribution in [0, 0.1) is 11.6 Å². The summed E-state index contributed by atoms with van der Waals surface area (Å²) >= 11 is 0. The average Bonchev–Trinajstić information content (AvgIpc) is 3.23. The van der Waals surface area contributed by atoms with Crippen LogP contribution in [-0.4, -0.2) is 46.3 Å². The van der Waals surface area contributed by atoms with Gasteiger partial charge >= 0.3 is 12.4 Å². The van der Waals surface area contributed by atoms with Crippen LogP contribution in [0.15, 0.2) is 43.0 Å². The molecule has 0 saturated heterocycles. The predicted molar refractivity (Wildman–Crippen MR) is 121 cm³/mol. The molecule has 3 heterocycles. The SMILES string of the molecule is CCCS(=O)(=O)Nc1ccc(F)c(C(=O)c2c[nH]c3ncc(-c4cnc(OC(F)(F)F)nc4)cc23)c1F. The third-order valence-corrected chi connectivity index (χ3v) is 6.48. The van der Waals surface area contributed by atoms with Crippen molar-refractivity contribution in [2.24, 2.45) is 0 Å². The number of sulfonamides is 1. The molecule has 3 aromatic heterocycles. The number of ether oxygens (including phenoxy) is 1. The molecule has 0 saturated carbocycles. The molecule has 0 aliphatic carbocycles. The molecule has 0 unspecified atom stereocenters. The lowest BCUT2D eigenvalue weighted by Crippen LogP contribution is -2.18. The molecule has 0 spiro atoms. The van der Waals surface area contributed by atoms with Crippen LogP contribution in [-0.2, 0) is 10.0 Å². The molecule has 0 aliphatic heterocycles. The Balaban J connectivity index is 1.71. The van der Waals surface area contributed by atoms with Crippen molar-refractivity contribution < 1.29 is 39.9 Å². The highest BCUT2D eigenvalue weighted by Gasteiger charge is 2.32. The van der Waals surface area contributed by atoms with E-state index < -0.39 is 51.1 Å². The molecular formula is C22H16F5N5O4S. The van der Waals surface area contributed by atoms with Gasteiger partial charge in [-0.1, -0.05) is 6.92 Å². The van der Waals surface area contributed by atoms with E-state index in [9.17, 15) is 30.8 Å². The van der Waals surface area contributed by atoms with E-state index in [1.165, 1.54) is 18.5 Å². The second-order valence-electron chi connectivity index (χ2n) is 7.66. The second kappa shape index (κ2) is 9.72. The molecule has 0 bridgehead atoms. The number of hydrogen-bond acceptors (Lipinski definition) is 7. The molecular weight excluding hydrogens is 525 g/mol. The summed E-state index contributed by atoms with van der Waals surface area (Å²) in [5.74, 6) is -4.01. The summed E-state index contributed by atoms with van der Waals surface area (Å²) in [6, 6.07) is 2.11. The molecule has 37 heavy (non-hydrogen) atoms. The Kier molecular flexibility index (Phi) is 6.82. The summed E-state index contributed by atoms with van der Waals surface area (Å²) in [6.45, 7) is 1.60. The third-order valence-electron chi connectivity index (χ3n) is 5.00. The molecule has 15 heteroatoms. The van der Waals surface area contributed by atoms with Crippen LogP contribution in [0.5, 0.6) is 6.01 Å². The zero-order valence-corrected chi connectivity index (χ0v) is 19.5. The number of H-pyrrole nitrogens is 1. The smallest absolute Gasteiger partial charge is 0.371 e. The lowest BCUT2D eigenvalue weighted by Gasteiger charge is -2.11. The molecule has 0 fully saturated rings. The number of alkyl halides is 3. The lowest BCUT2D eigenvalue weighted by molar-refractivity contribution is -0.277. The van der Waals surface area contributed by atoms with Gasteiger partial charge in [0.25, 0.3) is 0 Å². The number of aromatic nitrogens is 4. The summed E-state index contributed by atoms with van der Waals surface area (Å²) in [4.78, 5) is 26.9. The van der Waals surface area contributed by atoms with Crippen molar-refractivity contribution in [3.05, 3.63) is 65.7 Å². The van der Waals surface area contributed by atoms with E-state index in [1.807, 2.05) is 4.72 Å². The number of rotatable bonds is 8. The van der Waals surface area contributed by atoms with Crippen LogP contribution in [0.1, 0.15) is 29.3 Å². The summed E-state index contributed by atoms with van der Waals surface area (Å²) < 4.78 is 96.4. The van der Waals surface area contributed by atoms with Gasteiger partial charge in [0.1, 0.15) is 11.5 Å². The molecule has 0 aliphatic rings. The average molecular weight is 541 g/mol. The normalized spacial score (nSPS) is 12.1. The van der Waals surface area contributed by atoms with Crippen LogP contribution in [0.3, 0.4) is 0 Å². The molecule has 194 valence electrons. The highest BCUT2D eigenvalue weighted by atomic mass is 32.2. The number of fused-ring (bicyclic) bond motifs is 1. The van der Waals surface area contributed by atoms with E-state index in [1.54, 1.807) is 6.92 Å². The minimum Gasteiger partial charge on any atom is -0.371 e. The van der Waals surface area contributed by atoms with E-state index in [4.69, 9.17) is 0 Å². The number of carbonyl (C=O) groups is 1. The van der Waals surface area contributed by atoms with Crippen molar-refractivity contribution in [1.82, 2.24) is 19.9 Å². The van der Waals surface area contributed by atoms with Gasteiger partial charge in [0, 0.05) is 46.9 Å². The first-order chi connectivity index (χ1) is 17.4. The zero-order chi connectivity index (χ0) is 27.0. The van der Waals surface area contributed by atoms with Crippen LogP contribution >= 0.6 is 0 Å². The number of nitrogens with zero attached hydrogens (tertiary/aromatic N) is 3. The maximum absolute atomic E-state index is 15.1. The topological polar surface area (TPSA) is 127 Å². The van der Waals surface area contributed by atoms with Gasteiger partial charge in [0.05, 0.1) is 17.0 Å². The van der Waals surface area contributed by atoms with Gasteiger partial charge in [-0.2, -0.15) is 0 Å². The number of aromatic amines is 1. The maximum Gasteiger partial charge on any atom is 0.575 e. The zero-order valence-electron chi connectivity index (χ0n) is 18.7.